The lowest BCUT2D eigenvalue weighted by atomic mass is 9.82. The van der Waals surface area contributed by atoms with Crippen LogP contribution in [0.5, 0.6) is 0 Å². The van der Waals surface area contributed by atoms with Crippen molar-refractivity contribution in [2.75, 3.05) is 0 Å². The van der Waals surface area contributed by atoms with Gasteiger partial charge in [-0.2, -0.15) is 0 Å². The molecule has 0 aliphatic heterocycles. The van der Waals surface area contributed by atoms with Crippen molar-refractivity contribution in [3.8, 4) is 38.5 Å². The maximum absolute atomic E-state index is 4.00. The Morgan fingerprint density at radius 3 is 1.16 bits per heavy atom. The maximum Gasteiger partial charge on any atom is -0.0152 e. The van der Waals surface area contributed by atoms with Gasteiger partial charge in [-0.3, -0.25) is 0 Å². The van der Waals surface area contributed by atoms with Gasteiger partial charge in [0.25, 0.3) is 0 Å². The van der Waals surface area contributed by atoms with Gasteiger partial charge in [0.2, 0.25) is 0 Å². The summed E-state index contributed by atoms with van der Waals surface area (Å²) in [6.07, 6.45) is 48.4. The van der Waals surface area contributed by atoms with Crippen LogP contribution in [0.4, 0.5) is 0 Å². The highest BCUT2D eigenvalue weighted by Gasteiger charge is 2.15. The van der Waals surface area contributed by atoms with Gasteiger partial charge in [0.1, 0.15) is 0 Å². The smallest absolute Gasteiger partial charge is 0.0152 e. The molecule has 1 aliphatic carbocycles. The summed E-state index contributed by atoms with van der Waals surface area (Å²) in [5, 5.41) is 0. The Morgan fingerprint density at radius 2 is 0.946 bits per heavy atom. The molecule has 0 heterocycles. The van der Waals surface area contributed by atoms with Crippen LogP contribution >= 0.6 is 0 Å². The van der Waals surface area contributed by atoms with Gasteiger partial charge in [-0.15, -0.1) is 45.1 Å². The summed E-state index contributed by atoms with van der Waals surface area (Å²) in [6, 6.07) is 0. The zero-order valence-electron chi connectivity index (χ0n) is 28.6. The second-order valence-electron chi connectivity index (χ2n) is 7.15. The van der Waals surface area contributed by atoms with Gasteiger partial charge < -0.3 is 0 Å². The van der Waals surface area contributed by atoms with Gasteiger partial charge in [0.15, 0.2) is 0 Å². The topological polar surface area (TPSA) is 0 Å². The summed E-state index contributed by atoms with van der Waals surface area (Å²) in [5.74, 6) is 0. The third-order valence-electron chi connectivity index (χ3n) is 4.86. The fourth-order valence-corrected chi connectivity index (χ4v) is 2.57. The van der Waals surface area contributed by atoms with E-state index in [0.717, 1.165) is 0 Å². The Balaban J connectivity index is -0.0000000376. The molecule has 0 aromatic carbocycles. The highest BCUT2D eigenvalue weighted by molar-refractivity contribution is 4.89. The molecule has 1 rings (SSSR count). The molecule has 0 amide bonds. The Bertz CT molecular complexity index is 326. The summed E-state index contributed by atoms with van der Waals surface area (Å²) in [6.45, 7) is 31.0. The van der Waals surface area contributed by atoms with E-state index in [2.05, 4.69) is 98.0 Å². The number of hydrogen-bond acceptors (Lipinski definition) is 0. The summed E-state index contributed by atoms with van der Waals surface area (Å²) in [4.78, 5) is 0. The second-order valence-corrected chi connectivity index (χ2v) is 7.15. The Kier molecular flexibility index (Phi) is 150. The van der Waals surface area contributed by atoms with Crippen molar-refractivity contribution >= 4 is 0 Å². The zero-order valence-corrected chi connectivity index (χ0v) is 28.6. The van der Waals surface area contributed by atoms with Gasteiger partial charge in [-0.1, -0.05) is 166 Å². The molecule has 0 aromatic rings. The lowest BCUT2D eigenvalue weighted by molar-refractivity contribution is 0.360. The molecule has 0 bridgehead atoms. The minimum atomic E-state index is 0.398. The van der Waals surface area contributed by atoms with Crippen molar-refractivity contribution in [1.82, 2.24) is 0 Å². The molecule has 1 saturated carbocycles. The molecule has 1 atom stereocenters. The normalized spacial score (nSPS) is 10.8. The van der Waals surface area contributed by atoms with E-state index in [9.17, 15) is 0 Å². The van der Waals surface area contributed by atoms with Crippen molar-refractivity contribution in [3.05, 3.63) is 24.8 Å². The van der Waals surface area contributed by atoms with Gasteiger partial charge in [0.05, 0.1) is 0 Å². The van der Waals surface area contributed by atoms with E-state index in [-0.39, 0.29) is 0 Å². The molecule has 1 unspecified atom stereocenters. The van der Waals surface area contributed by atoms with E-state index in [1.165, 1.54) is 83.5 Å². The standard InChI is InChI=1S/C11H22.C7H14.C5H10.4C2H6.3C2H2/c1-5-8-9-10-11(4,6-2)7-3;1-3-5-7-6-4-2;1-2-4-5-3-1;7*1-2/h6H,2,5,7-10H2,1,3-4H3;3,5H,4,6-7H2,1-2H3;1-5H2;4*1-2H3;3*1-2H/b;5-3-;;;;;;;;. The van der Waals surface area contributed by atoms with Gasteiger partial charge in [0, 0.05) is 0 Å². The van der Waals surface area contributed by atoms with Crippen LogP contribution in [0.1, 0.15) is 173 Å². The first-order valence-electron chi connectivity index (χ1n) is 15.3. The molecule has 0 spiro atoms. The molecule has 224 valence electrons. The summed E-state index contributed by atoms with van der Waals surface area (Å²) in [5.41, 5.74) is 0.398. The van der Waals surface area contributed by atoms with Crippen molar-refractivity contribution in [2.24, 2.45) is 5.41 Å². The monoisotopic (exact) mass is 521 g/mol. The average molecular weight is 521 g/mol. The highest BCUT2D eigenvalue weighted by atomic mass is 14.2. The Morgan fingerprint density at radius 1 is 0.622 bits per heavy atom. The van der Waals surface area contributed by atoms with Crippen LogP contribution < -0.4 is 0 Å². The van der Waals surface area contributed by atoms with Crippen molar-refractivity contribution in [2.45, 2.75) is 173 Å². The fraction of sp³-hybridized carbons (Fsp3) is 0.730. The molecule has 0 aromatic heterocycles. The van der Waals surface area contributed by atoms with Crippen LogP contribution in [0, 0.1) is 44.0 Å². The van der Waals surface area contributed by atoms with E-state index in [0.29, 0.717) is 5.41 Å². The second kappa shape index (κ2) is 92.4. The Hall–Kier alpha value is -1.84. The van der Waals surface area contributed by atoms with Crippen molar-refractivity contribution in [3.63, 3.8) is 0 Å². The van der Waals surface area contributed by atoms with E-state index < -0.39 is 0 Å². The van der Waals surface area contributed by atoms with Gasteiger partial charge in [-0.25, -0.2) is 0 Å². The third kappa shape index (κ3) is 96.2. The van der Waals surface area contributed by atoms with Gasteiger partial charge in [-0.05, 0) is 31.6 Å². The first-order chi connectivity index (χ1) is 18.1. The molecule has 0 radical (unpaired) electrons. The van der Waals surface area contributed by atoms with Crippen LogP contribution in [0.15, 0.2) is 24.8 Å². The summed E-state index contributed by atoms with van der Waals surface area (Å²) < 4.78 is 0. The molecule has 0 N–H and O–H groups in total. The first kappa shape index (κ1) is 60.0. The van der Waals surface area contributed by atoms with Crippen LogP contribution in [-0.4, -0.2) is 0 Å². The van der Waals surface area contributed by atoms with Crippen LogP contribution in [0.25, 0.3) is 0 Å². The van der Waals surface area contributed by atoms with Crippen LogP contribution in [0.3, 0.4) is 0 Å². The molecule has 0 saturated heterocycles. The number of rotatable bonds is 9. The van der Waals surface area contributed by atoms with Crippen LogP contribution in [-0.2, 0) is 0 Å². The van der Waals surface area contributed by atoms with E-state index in [1.807, 2.05) is 55.4 Å². The van der Waals surface area contributed by atoms with E-state index in [4.69, 9.17) is 0 Å². The number of terminal acetylenes is 3. The first-order valence-corrected chi connectivity index (χ1v) is 15.3. The molecule has 0 nitrogen and oxygen atoms in total. The maximum atomic E-state index is 4.00. The minimum absolute atomic E-state index is 0.398. The fourth-order valence-electron chi connectivity index (χ4n) is 2.57. The zero-order chi connectivity index (χ0) is 31.8. The predicted octanol–water partition coefficient (Wildman–Crippen LogP) is 13.7. The van der Waals surface area contributed by atoms with E-state index >= 15 is 0 Å². The summed E-state index contributed by atoms with van der Waals surface area (Å²) >= 11 is 0. The minimum Gasteiger partial charge on any atom is -0.124 e. The predicted molar refractivity (Wildman–Crippen MR) is 185 cm³/mol. The highest BCUT2D eigenvalue weighted by Crippen LogP contribution is 2.29. The summed E-state index contributed by atoms with van der Waals surface area (Å²) in [7, 11) is 0. The number of hydrogen-bond donors (Lipinski definition) is 0. The lowest BCUT2D eigenvalue weighted by Gasteiger charge is -2.23. The largest absolute Gasteiger partial charge is 0.124 e. The molecule has 0 heteroatoms. The average Bonchev–Trinajstić information content (AvgIpc) is 3.62. The van der Waals surface area contributed by atoms with Crippen molar-refractivity contribution < 1.29 is 0 Å². The van der Waals surface area contributed by atoms with Crippen molar-refractivity contribution in [1.29, 1.82) is 0 Å². The molecule has 1 fully saturated rings. The quantitative estimate of drug-likeness (QED) is 0.161. The molecular formula is C37H76. The lowest BCUT2D eigenvalue weighted by Crippen LogP contribution is -2.10. The molecular weight excluding hydrogens is 444 g/mol. The molecule has 37 heavy (non-hydrogen) atoms. The Labute approximate surface area is 242 Å². The third-order valence-corrected chi connectivity index (χ3v) is 4.86. The van der Waals surface area contributed by atoms with Gasteiger partial charge >= 0.3 is 0 Å². The molecule has 1 aliphatic rings. The van der Waals surface area contributed by atoms with Crippen LogP contribution in [0.2, 0.25) is 0 Å². The number of unbranched alkanes of at least 4 members (excludes halogenated alkanes) is 4. The van der Waals surface area contributed by atoms with E-state index in [1.54, 1.807) is 0 Å². The SMILES string of the molecule is C#C.C#C.C#C.C/C=C\CCCC.C1CCCC1.C=CC(C)(CC)CCCCC.CC.CC.CC.CC. The number of allylic oxidation sites excluding steroid dienone is 3.